The number of aryl methyl sites for hydroxylation is 1. The van der Waals surface area contributed by atoms with Crippen LogP contribution in [-0.2, 0) is 16.1 Å². The van der Waals surface area contributed by atoms with Crippen molar-refractivity contribution in [3.05, 3.63) is 58.2 Å². The molecule has 0 radical (unpaired) electrons. The summed E-state index contributed by atoms with van der Waals surface area (Å²) in [5.74, 6) is -0.323. The molecule has 1 atom stereocenters. The van der Waals surface area contributed by atoms with Crippen molar-refractivity contribution in [1.82, 2.24) is 9.55 Å². The van der Waals surface area contributed by atoms with E-state index < -0.39 is 5.25 Å². The second kappa shape index (κ2) is 8.97. The summed E-state index contributed by atoms with van der Waals surface area (Å²) < 4.78 is 6.85. The molecule has 3 rings (SSSR count). The molecule has 0 aliphatic rings. The summed E-state index contributed by atoms with van der Waals surface area (Å²) in [6.45, 7) is 11.5. The summed E-state index contributed by atoms with van der Waals surface area (Å²) >= 11 is 2.67. The van der Waals surface area contributed by atoms with Crippen molar-refractivity contribution >= 4 is 39.3 Å². The van der Waals surface area contributed by atoms with Gasteiger partial charge >= 0.3 is 5.97 Å². The summed E-state index contributed by atoms with van der Waals surface area (Å²) in [7, 11) is 0. The number of nitrogens with zero attached hydrogens (tertiary/aromatic N) is 2. The Morgan fingerprint density at radius 3 is 2.62 bits per heavy atom. The standard InChI is InChI=1S/C22H24N2O3S2/c1-6-11-24-20(25)18-17(16-9-7-14(4)8-10-16)12-28-19(18)23-22(24)29-15(5)21(26)27-13(2)3/h6-10,12-13,15H,1,11H2,2-5H3. The van der Waals surface area contributed by atoms with E-state index in [9.17, 15) is 9.59 Å². The molecule has 0 aliphatic heterocycles. The summed E-state index contributed by atoms with van der Waals surface area (Å²) in [6, 6.07) is 8.09. The smallest absolute Gasteiger partial charge is 0.319 e. The molecule has 1 aromatic carbocycles. The molecule has 5 nitrogen and oxygen atoms in total. The van der Waals surface area contributed by atoms with Crippen LogP contribution in [0.2, 0.25) is 0 Å². The van der Waals surface area contributed by atoms with Crippen molar-refractivity contribution in [2.75, 3.05) is 0 Å². The first-order valence-electron chi connectivity index (χ1n) is 9.39. The topological polar surface area (TPSA) is 61.2 Å². The lowest BCUT2D eigenvalue weighted by Gasteiger charge is -2.15. The fourth-order valence-electron chi connectivity index (χ4n) is 2.87. The largest absolute Gasteiger partial charge is 0.462 e. The van der Waals surface area contributed by atoms with Crippen molar-refractivity contribution in [2.45, 2.75) is 50.8 Å². The van der Waals surface area contributed by atoms with Gasteiger partial charge in [0.2, 0.25) is 0 Å². The molecule has 152 valence electrons. The zero-order chi connectivity index (χ0) is 21.1. The van der Waals surface area contributed by atoms with E-state index in [2.05, 4.69) is 6.58 Å². The second-order valence-electron chi connectivity index (χ2n) is 7.04. The third kappa shape index (κ3) is 4.62. The molecular weight excluding hydrogens is 404 g/mol. The van der Waals surface area contributed by atoms with Gasteiger partial charge in [0, 0.05) is 17.5 Å². The van der Waals surface area contributed by atoms with Crippen LogP contribution in [0.1, 0.15) is 26.3 Å². The highest BCUT2D eigenvalue weighted by molar-refractivity contribution is 8.00. The Morgan fingerprint density at radius 1 is 1.31 bits per heavy atom. The normalized spacial score (nSPS) is 12.3. The molecule has 29 heavy (non-hydrogen) atoms. The minimum absolute atomic E-state index is 0.126. The number of fused-ring (bicyclic) bond motifs is 1. The molecule has 3 aromatic rings. The Morgan fingerprint density at radius 2 is 2.00 bits per heavy atom. The Hall–Kier alpha value is -2.38. The lowest BCUT2D eigenvalue weighted by molar-refractivity contribution is -0.146. The number of esters is 1. The Bertz CT molecular complexity index is 1100. The van der Waals surface area contributed by atoms with Crippen molar-refractivity contribution in [2.24, 2.45) is 0 Å². The van der Waals surface area contributed by atoms with E-state index in [1.165, 1.54) is 23.1 Å². The molecule has 1 unspecified atom stereocenters. The van der Waals surface area contributed by atoms with Crippen LogP contribution in [0.4, 0.5) is 0 Å². The van der Waals surface area contributed by atoms with E-state index in [1.54, 1.807) is 17.6 Å². The van der Waals surface area contributed by atoms with E-state index in [1.807, 2.05) is 50.4 Å². The van der Waals surface area contributed by atoms with Crippen LogP contribution in [0.5, 0.6) is 0 Å². The maximum Gasteiger partial charge on any atom is 0.319 e. The fraction of sp³-hybridized carbons (Fsp3) is 0.318. The van der Waals surface area contributed by atoms with Crippen LogP contribution in [-0.4, -0.2) is 26.9 Å². The van der Waals surface area contributed by atoms with E-state index in [-0.39, 0.29) is 17.6 Å². The fourth-order valence-corrected chi connectivity index (χ4v) is 4.76. The van der Waals surface area contributed by atoms with Crippen molar-refractivity contribution < 1.29 is 9.53 Å². The minimum atomic E-state index is -0.477. The summed E-state index contributed by atoms with van der Waals surface area (Å²) in [4.78, 5) is 30.9. The summed E-state index contributed by atoms with van der Waals surface area (Å²) in [6.07, 6.45) is 1.47. The van der Waals surface area contributed by atoms with Gasteiger partial charge in [-0.05, 0) is 33.3 Å². The van der Waals surface area contributed by atoms with Gasteiger partial charge in [-0.25, -0.2) is 4.98 Å². The van der Waals surface area contributed by atoms with Crippen LogP contribution in [0, 0.1) is 6.92 Å². The average molecular weight is 429 g/mol. The highest BCUT2D eigenvalue weighted by Crippen LogP contribution is 2.33. The lowest BCUT2D eigenvalue weighted by atomic mass is 10.1. The number of thioether (sulfide) groups is 1. The molecule has 0 saturated carbocycles. The number of hydrogen-bond acceptors (Lipinski definition) is 6. The number of carbonyl (C=O) groups excluding carboxylic acids is 1. The highest BCUT2D eigenvalue weighted by Gasteiger charge is 2.22. The van der Waals surface area contributed by atoms with E-state index in [0.29, 0.717) is 21.9 Å². The van der Waals surface area contributed by atoms with Gasteiger partial charge in [-0.3, -0.25) is 14.2 Å². The van der Waals surface area contributed by atoms with Gasteiger partial charge < -0.3 is 4.74 Å². The van der Waals surface area contributed by atoms with Crippen LogP contribution >= 0.6 is 23.1 Å². The predicted octanol–water partition coefficient (Wildman–Crippen LogP) is 5.05. The highest BCUT2D eigenvalue weighted by atomic mass is 32.2. The van der Waals surface area contributed by atoms with E-state index in [0.717, 1.165) is 16.7 Å². The summed E-state index contributed by atoms with van der Waals surface area (Å²) in [5, 5.41) is 2.58. The van der Waals surface area contributed by atoms with Gasteiger partial charge in [0.05, 0.1) is 11.5 Å². The maximum atomic E-state index is 13.3. The number of allylic oxidation sites excluding steroid dienone is 1. The Labute approximate surface area is 178 Å². The first-order chi connectivity index (χ1) is 13.8. The number of carbonyl (C=O) groups is 1. The molecule has 0 bridgehead atoms. The van der Waals surface area contributed by atoms with Crippen LogP contribution in [0.25, 0.3) is 21.3 Å². The first kappa shape index (κ1) is 21.3. The number of rotatable bonds is 7. The van der Waals surface area contributed by atoms with Gasteiger partial charge in [-0.1, -0.05) is 47.7 Å². The molecular formula is C22H24N2O3S2. The second-order valence-corrected chi connectivity index (χ2v) is 9.21. The maximum absolute atomic E-state index is 13.3. The number of ether oxygens (including phenoxy) is 1. The summed E-state index contributed by atoms with van der Waals surface area (Å²) in [5.41, 5.74) is 2.90. The van der Waals surface area contributed by atoms with Gasteiger partial charge in [-0.2, -0.15) is 0 Å². The third-order valence-electron chi connectivity index (χ3n) is 4.30. The monoisotopic (exact) mass is 428 g/mol. The van der Waals surface area contributed by atoms with Crippen LogP contribution in [0.15, 0.2) is 52.3 Å². The average Bonchev–Trinajstić information content (AvgIpc) is 3.09. The quantitative estimate of drug-likeness (QED) is 0.228. The Balaban J connectivity index is 2.07. The number of hydrogen-bond donors (Lipinski definition) is 0. The molecule has 7 heteroatoms. The molecule has 0 aliphatic carbocycles. The number of aromatic nitrogens is 2. The number of benzene rings is 1. The molecule has 0 N–H and O–H groups in total. The minimum Gasteiger partial charge on any atom is -0.462 e. The lowest BCUT2D eigenvalue weighted by Crippen LogP contribution is -2.25. The van der Waals surface area contributed by atoms with Gasteiger partial charge in [0.25, 0.3) is 5.56 Å². The molecule has 0 fully saturated rings. The van der Waals surface area contributed by atoms with Crippen molar-refractivity contribution in [3.8, 4) is 11.1 Å². The molecule has 0 saturated heterocycles. The van der Waals surface area contributed by atoms with E-state index >= 15 is 0 Å². The van der Waals surface area contributed by atoms with Crippen LogP contribution < -0.4 is 5.56 Å². The first-order valence-corrected chi connectivity index (χ1v) is 11.1. The predicted molar refractivity (Wildman–Crippen MR) is 121 cm³/mol. The van der Waals surface area contributed by atoms with Crippen molar-refractivity contribution in [3.63, 3.8) is 0 Å². The Kier molecular flexibility index (Phi) is 6.59. The zero-order valence-electron chi connectivity index (χ0n) is 17.0. The molecule has 2 aromatic heterocycles. The van der Waals surface area contributed by atoms with Gasteiger partial charge in [0.15, 0.2) is 5.16 Å². The van der Waals surface area contributed by atoms with E-state index in [4.69, 9.17) is 9.72 Å². The third-order valence-corrected chi connectivity index (χ3v) is 6.24. The van der Waals surface area contributed by atoms with Crippen LogP contribution in [0.3, 0.4) is 0 Å². The molecule has 0 amide bonds. The SMILES string of the molecule is C=CCn1c(SC(C)C(=O)OC(C)C)nc2scc(-c3ccc(C)cc3)c2c1=O. The molecule has 0 spiro atoms. The zero-order valence-corrected chi connectivity index (χ0v) is 18.6. The van der Waals surface area contributed by atoms with Gasteiger partial charge in [0.1, 0.15) is 10.1 Å². The van der Waals surface area contributed by atoms with Crippen molar-refractivity contribution in [1.29, 1.82) is 0 Å². The molecule has 2 heterocycles. The number of thiophene rings is 1. The van der Waals surface area contributed by atoms with Gasteiger partial charge in [-0.15, -0.1) is 17.9 Å².